The van der Waals surface area contributed by atoms with E-state index in [1.165, 1.54) is 14.0 Å². The molecule has 0 saturated carbocycles. The first-order valence-corrected chi connectivity index (χ1v) is 6.74. The van der Waals surface area contributed by atoms with E-state index in [1.807, 2.05) is 30.3 Å². The van der Waals surface area contributed by atoms with Crippen molar-refractivity contribution < 1.29 is 24.2 Å². The predicted molar refractivity (Wildman–Crippen MR) is 76.5 cm³/mol. The van der Waals surface area contributed by atoms with Gasteiger partial charge in [0.2, 0.25) is 0 Å². The van der Waals surface area contributed by atoms with Crippen molar-refractivity contribution in [2.24, 2.45) is 0 Å². The molecule has 1 rings (SSSR count). The average molecular weight is 295 g/mol. The van der Waals surface area contributed by atoms with Gasteiger partial charge in [-0.1, -0.05) is 30.3 Å². The second kappa shape index (κ2) is 8.26. The van der Waals surface area contributed by atoms with Crippen LogP contribution in [0.4, 0.5) is 4.79 Å². The Labute approximate surface area is 124 Å². The van der Waals surface area contributed by atoms with E-state index >= 15 is 0 Å². The number of esters is 1. The van der Waals surface area contributed by atoms with Crippen molar-refractivity contribution in [1.82, 2.24) is 4.90 Å². The fraction of sp³-hybridized carbons (Fsp3) is 0.467. The van der Waals surface area contributed by atoms with E-state index in [1.54, 1.807) is 6.92 Å². The van der Waals surface area contributed by atoms with Gasteiger partial charge in [-0.05, 0) is 19.4 Å². The van der Waals surface area contributed by atoms with Crippen molar-refractivity contribution in [1.29, 1.82) is 0 Å². The van der Waals surface area contributed by atoms with Crippen LogP contribution in [-0.4, -0.2) is 47.9 Å². The van der Waals surface area contributed by atoms with Gasteiger partial charge in [0.25, 0.3) is 0 Å². The molecule has 0 fully saturated rings. The lowest BCUT2D eigenvalue weighted by atomic mass is 10.1. The number of carbonyl (C=O) groups is 2. The Morgan fingerprint density at radius 1 is 1.29 bits per heavy atom. The maximum atomic E-state index is 12.1. The SMILES string of the molecule is CCN(C(=O)OCc1ccccc1)[C@H](C(=O)OC)[C@@H](C)O. The Morgan fingerprint density at radius 2 is 1.90 bits per heavy atom. The summed E-state index contributed by atoms with van der Waals surface area (Å²) in [5, 5.41) is 9.70. The molecule has 0 aliphatic carbocycles. The molecule has 0 heterocycles. The summed E-state index contributed by atoms with van der Waals surface area (Å²) in [6, 6.07) is 8.13. The van der Waals surface area contributed by atoms with Crippen LogP contribution in [0.25, 0.3) is 0 Å². The summed E-state index contributed by atoms with van der Waals surface area (Å²) in [7, 11) is 1.21. The van der Waals surface area contributed by atoms with Gasteiger partial charge >= 0.3 is 12.1 Å². The summed E-state index contributed by atoms with van der Waals surface area (Å²) in [4.78, 5) is 25.0. The Hall–Kier alpha value is -2.08. The number of benzene rings is 1. The summed E-state index contributed by atoms with van der Waals surface area (Å²) >= 11 is 0. The molecule has 21 heavy (non-hydrogen) atoms. The average Bonchev–Trinajstić information content (AvgIpc) is 2.50. The molecule has 1 aromatic carbocycles. The highest BCUT2D eigenvalue weighted by atomic mass is 16.6. The number of carbonyl (C=O) groups excluding carboxylic acids is 2. The largest absolute Gasteiger partial charge is 0.467 e. The third kappa shape index (κ3) is 4.75. The standard InChI is InChI=1S/C15H21NO5/c1-4-16(13(11(2)17)14(18)20-3)15(19)21-10-12-8-6-5-7-9-12/h5-9,11,13,17H,4,10H2,1-3H3/t11-,13+/m1/s1. The van der Waals surface area contributed by atoms with Gasteiger partial charge in [-0.2, -0.15) is 0 Å². The van der Waals surface area contributed by atoms with E-state index in [0.29, 0.717) is 0 Å². The number of aliphatic hydroxyl groups is 1. The number of rotatable bonds is 6. The molecule has 0 unspecified atom stereocenters. The van der Waals surface area contributed by atoms with Crippen molar-refractivity contribution in [3.63, 3.8) is 0 Å². The van der Waals surface area contributed by atoms with Crippen LogP contribution in [0.2, 0.25) is 0 Å². The molecule has 1 N–H and O–H groups in total. The molecule has 0 spiro atoms. The first-order chi connectivity index (χ1) is 10.0. The number of likely N-dealkylation sites (N-methyl/N-ethyl adjacent to an activating group) is 1. The lowest BCUT2D eigenvalue weighted by molar-refractivity contribution is -0.150. The molecule has 6 heteroatoms. The molecule has 0 aromatic heterocycles. The van der Waals surface area contributed by atoms with Crippen LogP contribution < -0.4 is 0 Å². The first-order valence-electron chi connectivity index (χ1n) is 6.74. The summed E-state index contributed by atoms with van der Waals surface area (Å²) < 4.78 is 9.80. The van der Waals surface area contributed by atoms with Gasteiger partial charge in [-0.25, -0.2) is 9.59 Å². The normalized spacial score (nSPS) is 13.1. The highest BCUT2D eigenvalue weighted by Crippen LogP contribution is 2.11. The zero-order chi connectivity index (χ0) is 15.8. The van der Waals surface area contributed by atoms with Crippen LogP contribution in [-0.2, 0) is 20.9 Å². The molecule has 0 aliphatic rings. The minimum absolute atomic E-state index is 0.101. The second-order valence-corrected chi connectivity index (χ2v) is 4.53. The number of amides is 1. The van der Waals surface area contributed by atoms with Crippen LogP contribution in [0.1, 0.15) is 19.4 Å². The number of methoxy groups -OCH3 is 1. The monoisotopic (exact) mass is 295 g/mol. The minimum Gasteiger partial charge on any atom is -0.467 e. The van der Waals surface area contributed by atoms with Gasteiger partial charge in [-0.15, -0.1) is 0 Å². The molecule has 0 aliphatic heterocycles. The van der Waals surface area contributed by atoms with E-state index < -0.39 is 24.2 Å². The number of hydrogen-bond acceptors (Lipinski definition) is 5. The molecule has 0 bridgehead atoms. The fourth-order valence-electron chi connectivity index (χ4n) is 1.95. The van der Waals surface area contributed by atoms with Gasteiger partial charge in [0.05, 0.1) is 13.2 Å². The van der Waals surface area contributed by atoms with E-state index in [0.717, 1.165) is 10.5 Å². The summed E-state index contributed by atoms with van der Waals surface area (Å²) in [6.45, 7) is 3.44. The lowest BCUT2D eigenvalue weighted by Crippen LogP contribution is -2.51. The van der Waals surface area contributed by atoms with Crippen LogP contribution in [0.3, 0.4) is 0 Å². The van der Waals surface area contributed by atoms with Gasteiger partial charge in [0.15, 0.2) is 6.04 Å². The quantitative estimate of drug-likeness (QED) is 0.806. The number of hydrogen-bond donors (Lipinski definition) is 1. The zero-order valence-corrected chi connectivity index (χ0v) is 12.5. The molecular weight excluding hydrogens is 274 g/mol. The van der Waals surface area contributed by atoms with Gasteiger partial charge in [0, 0.05) is 6.54 Å². The van der Waals surface area contributed by atoms with Crippen molar-refractivity contribution in [2.75, 3.05) is 13.7 Å². The topological polar surface area (TPSA) is 76.1 Å². The van der Waals surface area contributed by atoms with Crippen molar-refractivity contribution in [2.45, 2.75) is 32.6 Å². The van der Waals surface area contributed by atoms with Crippen LogP contribution >= 0.6 is 0 Å². The van der Waals surface area contributed by atoms with E-state index in [2.05, 4.69) is 4.74 Å². The number of aliphatic hydroxyl groups excluding tert-OH is 1. The first kappa shape index (κ1) is 17.0. The van der Waals surface area contributed by atoms with Gasteiger partial charge in [-0.3, -0.25) is 4.90 Å². The number of ether oxygens (including phenoxy) is 2. The maximum Gasteiger partial charge on any atom is 0.410 e. The predicted octanol–water partition coefficient (Wildman–Crippen LogP) is 1.57. The molecular formula is C15H21NO5. The molecule has 1 aromatic rings. The smallest absolute Gasteiger partial charge is 0.410 e. The zero-order valence-electron chi connectivity index (χ0n) is 12.5. The van der Waals surface area contributed by atoms with Crippen molar-refractivity contribution in [3.05, 3.63) is 35.9 Å². The highest BCUT2D eigenvalue weighted by molar-refractivity contribution is 5.82. The Balaban J connectivity index is 2.73. The lowest BCUT2D eigenvalue weighted by Gasteiger charge is -2.29. The van der Waals surface area contributed by atoms with E-state index in [9.17, 15) is 14.7 Å². The third-order valence-electron chi connectivity index (χ3n) is 3.02. The summed E-state index contributed by atoms with van der Waals surface area (Å²) in [5.41, 5.74) is 0.841. The van der Waals surface area contributed by atoms with Crippen LogP contribution in [0.15, 0.2) is 30.3 Å². The highest BCUT2D eigenvalue weighted by Gasteiger charge is 2.34. The van der Waals surface area contributed by atoms with Crippen LogP contribution in [0, 0.1) is 0 Å². The van der Waals surface area contributed by atoms with Gasteiger partial charge in [0.1, 0.15) is 6.61 Å². The molecule has 0 radical (unpaired) electrons. The van der Waals surface area contributed by atoms with E-state index in [-0.39, 0.29) is 13.2 Å². The maximum absolute atomic E-state index is 12.1. The van der Waals surface area contributed by atoms with Crippen molar-refractivity contribution >= 4 is 12.1 Å². The van der Waals surface area contributed by atoms with Gasteiger partial charge < -0.3 is 14.6 Å². The Kier molecular flexibility index (Phi) is 6.68. The molecule has 116 valence electrons. The molecule has 2 atom stereocenters. The summed E-state index contributed by atoms with van der Waals surface area (Å²) in [5.74, 6) is -0.677. The fourth-order valence-corrected chi connectivity index (χ4v) is 1.95. The Morgan fingerprint density at radius 3 is 2.38 bits per heavy atom. The van der Waals surface area contributed by atoms with Crippen LogP contribution in [0.5, 0.6) is 0 Å². The molecule has 1 amide bonds. The summed E-state index contributed by atoms with van der Waals surface area (Å²) in [6.07, 6.45) is -1.72. The number of nitrogens with zero attached hydrogens (tertiary/aromatic N) is 1. The minimum atomic E-state index is -1.08. The molecule has 6 nitrogen and oxygen atoms in total. The third-order valence-corrected chi connectivity index (χ3v) is 3.02. The second-order valence-electron chi connectivity index (χ2n) is 4.53. The Bertz CT molecular complexity index is 460. The van der Waals surface area contributed by atoms with E-state index in [4.69, 9.17) is 4.74 Å². The molecule has 0 saturated heterocycles. The van der Waals surface area contributed by atoms with Crippen molar-refractivity contribution in [3.8, 4) is 0 Å².